The molecule has 1 aromatic heterocycles. The van der Waals surface area contributed by atoms with Gasteiger partial charge in [0.05, 0.1) is 17.4 Å². The van der Waals surface area contributed by atoms with Crippen LogP contribution in [0.2, 0.25) is 0 Å². The summed E-state index contributed by atoms with van der Waals surface area (Å²) in [6, 6.07) is 25.5. The number of hydrogen-bond donors (Lipinski definition) is 1. The molecule has 0 aliphatic rings. The van der Waals surface area contributed by atoms with E-state index in [4.69, 9.17) is 4.74 Å². The summed E-state index contributed by atoms with van der Waals surface area (Å²) < 4.78 is 33.0. The maximum Gasteiger partial charge on any atom is 0.258 e. The molecule has 0 atom stereocenters. The van der Waals surface area contributed by atoms with Crippen LogP contribution in [0.3, 0.4) is 0 Å². The van der Waals surface area contributed by atoms with Crippen LogP contribution in [0.1, 0.15) is 27.6 Å². The second-order valence-corrected chi connectivity index (χ2v) is 6.78. The summed E-state index contributed by atoms with van der Waals surface area (Å²) in [4.78, 5) is 16.5. The van der Waals surface area contributed by atoms with Crippen molar-refractivity contribution >= 4 is 11.6 Å². The van der Waals surface area contributed by atoms with E-state index in [-0.39, 0.29) is 11.7 Å². The van der Waals surface area contributed by atoms with Crippen molar-refractivity contribution in [3.05, 3.63) is 126 Å². The summed E-state index contributed by atoms with van der Waals surface area (Å²) >= 11 is 0. The van der Waals surface area contributed by atoms with Crippen LogP contribution >= 0.6 is 0 Å². The molecule has 0 fully saturated rings. The Balaban J connectivity index is 1.51. The number of carbonyl (C=O) groups is 1. The molecule has 3 aromatic carbocycles. The third-order valence-electron chi connectivity index (χ3n) is 4.61. The van der Waals surface area contributed by atoms with Gasteiger partial charge in [0.1, 0.15) is 11.6 Å². The molecule has 1 amide bonds. The smallest absolute Gasteiger partial charge is 0.258 e. The maximum atomic E-state index is 13.8. The molecular formula is C25H18F2N2O2. The SMILES string of the molecule is O=C(Nc1ccc(OC(c2ccccc2)c2ccccc2)nc1)c1ccc(F)cc1F. The van der Waals surface area contributed by atoms with Crippen LogP contribution < -0.4 is 10.1 Å². The van der Waals surface area contributed by atoms with E-state index in [2.05, 4.69) is 10.3 Å². The van der Waals surface area contributed by atoms with Crippen molar-refractivity contribution in [1.29, 1.82) is 0 Å². The lowest BCUT2D eigenvalue weighted by Crippen LogP contribution is -2.14. The maximum absolute atomic E-state index is 13.8. The predicted molar refractivity (Wildman–Crippen MR) is 114 cm³/mol. The minimum atomic E-state index is -0.932. The van der Waals surface area contributed by atoms with Crippen LogP contribution in [-0.2, 0) is 0 Å². The molecule has 0 spiro atoms. The Bertz CT molecular complexity index is 1130. The Hall–Kier alpha value is -4.06. The van der Waals surface area contributed by atoms with E-state index in [1.165, 1.54) is 6.20 Å². The number of halogens is 2. The zero-order valence-corrected chi connectivity index (χ0v) is 16.3. The van der Waals surface area contributed by atoms with Gasteiger partial charge >= 0.3 is 0 Å². The molecule has 0 unspecified atom stereocenters. The molecule has 0 aliphatic carbocycles. The minimum Gasteiger partial charge on any atom is -0.465 e. The van der Waals surface area contributed by atoms with Gasteiger partial charge in [-0.1, -0.05) is 60.7 Å². The van der Waals surface area contributed by atoms with Gasteiger partial charge in [-0.3, -0.25) is 4.79 Å². The lowest BCUT2D eigenvalue weighted by atomic mass is 10.0. The van der Waals surface area contributed by atoms with Crippen molar-refractivity contribution in [2.24, 2.45) is 0 Å². The average molecular weight is 416 g/mol. The Morgan fingerprint density at radius 3 is 2.03 bits per heavy atom. The molecule has 4 nitrogen and oxygen atoms in total. The summed E-state index contributed by atoms with van der Waals surface area (Å²) in [5, 5.41) is 2.54. The second-order valence-electron chi connectivity index (χ2n) is 6.78. The number of ether oxygens (including phenoxy) is 1. The standard InChI is InChI=1S/C25H18F2N2O2/c26-19-11-13-21(22(27)15-19)25(30)29-20-12-14-23(28-16-20)31-24(17-7-3-1-4-8-17)18-9-5-2-6-10-18/h1-16,24H,(H,29,30). The highest BCUT2D eigenvalue weighted by atomic mass is 19.1. The molecule has 4 rings (SSSR count). The van der Waals surface area contributed by atoms with Crippen molar-refractivity contribution in [2.75, 3.05) is 5.32 Å². The Kier molecular flexibility index (Phi) is 5.98. The first-order valence-corrected chi connectivity index (χ1v) is 9.59. The monoisotopic (exact) mass is 416 g/mol. The second kappa shape index (κ2) is 9.17. The first kappa shape index (κ1) is 20.2. The highest BCUT2D eigenvalue weighted by Gasteiger charge is 2.17. The van der Waals surface area contributed by atoms with Crippen molar-refractivity contribution in [1.82, 2.24) is 4.98 Å². The van der Waals surface area contributed by atoms with Crippen molar-refractivity contribution < 1.29 is 18.3 Å². The number of nitrogens with one attached hydrogen (secondary N) is 1. The van der Waals surface area contributed by atoms with E-state index in [1.54, 1.807) is 12.1 Å². The first-order valence-electron chi connectivity index (χ1n) is 9.59. The number of hydrogen-bond acceptors (Lipinski definition) is 3. The molecule has 0 saturated carbocycles. The molecule has 0 bridgehead atoms. The van der Waals surface area contributed by atoms with Crippen molar-refractivity contribution in [3.63, 3.8) is 0 Å². The zero-order chi connectivity index (χ0) is 21.6. The highest BCUT2D eigenvalue weighted by Crippen LogP contribution is 2.28. The Morgan fingerprint density at radius 2 is 1.48 bits per heavy atom. The fourth-order valence-electron chi connectivity index (χ4n) is 3.10. The molecule has 1 heterocycles. The number of rotatable bonds is 6. The summed E-state index contributed by atoms with van der Waals surface area (Å²) in [5.74, 6) is -2.01. The van der Waals surface area contributed by atoms with Crippen molar-refractivity contribution in [2.45, 2.75) is 6.10 Å². The quantitative estimate of drug-likeness (QED) is 0.433. The number of benzene rings is 3. The molecule has 1 N–H and O–H groups in total. The van der Waals surface area contributed by atoms with Gasteiger partial charge in [-0.15, -0.1) is 0 Å². The van der Waals surface area contributed by atoms with Crippen LogP contribution in [-0.4, -0.2) is 10.9 Å². The largest absolute Gasteiger partial charge is 0.465 e. The van der Waals surface area contributed by atoms with Crippen LogP contribution in [0.4, 0.5) is 14.5 Å². The van der Waals surface area contributed by atoms with Crippen LogP contribution in [0.25, 0.3) is 0 Å². The molecular weight excluding hydrogens is 398 g/mol. The van der Waals surface area contributed by atoms with E-state index in [1.807, 2.05) is 60.7 Å². The number of amides is 1. The third-order valence-corrected chi connectivity index (χ3v) is 4.61. The van der Waals surface area contributed by atoms with Gasteiger partial charge in [0.25, 0.3) is 5.91 Å². The van der Waals surface area contributed by atoms with Crippen LogP contribution in [0, 0.1) is 11.6 Å². The summed E-state index contributed by atoms with van der Waals surface area (Å²) in [5.41, 5.74) is 2.05. The molecule has 154 valence electrons. The number of aromatic nitrogens is 1. The van der Waals surface area contributed by atoms with Gasteiger partial charge in [-0.2, -0.15) is 0 Å². The van der Waals surface area contributed by atoms with E-state index in [0.717, 1.165) is 23.3 Å². The normalized spacial score (nSPS) is 10.7. The summed E-state index contributed by atoms with van der Waals surface area (Å²) in [6.45, 7) is 0. The predicted octanol–water partition coefficient (Wildman–Crippen LogP) is 5.78. The fraction of sp³-hybridized carbons (Fsp3) is 0.0400. The topological polar surface area (TPSA) is 51.2 Å². The molecule has 0 aliphatic heterocycles. The molecule has 6 heteroatoms. The van der Waals surface area contributed by atoms with Gasteiger partial charge in [0.2, 0.25) is 5.88 Å². The van der Waals surface area contributed by atoms with Gasteiger partial charge in [0.15, 0.2) is 6.10 Å². The first-order chi connectivity index (χ1) is 15.1. The van der Waals surface area contributed by atoms with Crippen LogP contribution in [0.5, 0.6) is 5.88 Å². The number of pyridine rings is 1. The molecule has 4 aromatic rings. The van der Waals surface area contributed by atoms with Crippen molar-refractivity contribution in [3.8, 4) is 5.88 Å². The van der Waals surface area contributed by atoms with Gasteiger partial charge in [-0.05, 0) is 29.3 Å². The number of carbonyl (C=O) groups excluding carboxylic acids is 1. The average Bonchev–Trinajstić information content (AvgIpc) is 2.79. The molecule has 0 saturated heterocycles. The van der Waals surface area contributed by atoms with E-state index >= 15 is 0 Å². The minimum absolute atomic E-state index is 0.255. The fourth-order valence-corrected chi connectivity index (χ4v) is 3.10. The van der Waals surface area contributed by atoms with E-state index in [0.29, 0.717) is 17.6 Å². The Morgan fingerprint density at radius 1 is 0.839 bits per heavy atom. The molecule has 0 radical (unpaired) electrons. The zero-order valence-electron chi connectivity index (χ0n) is 16.3. The lowest BCUT2D eigenvalue weighted by molar-refractivity contribution is 0.102. The van der Waals surface area contributed by atoms with Gasteiger partial charge in [0, 0.05) is 12.1 Å². The Labute approximate surface area is 178 Å². The van der Waals surface area contributed by atoms with E-state index < -0.39 is 17.5 Å². The highest BCUT2D eigenvalue weighted by molar-refractivity contribution is 6.04. The third kappa shape index (κ3) is 4.93. The summed E-state index contributed by atoms with van der Waals surface area (Å²) in [6.07, 6.45) is 1.06. The lowest BCUT2D eigenvalue weighted by Gasteiger charge is -2.19. The van der Waals surface area contributed by atoms with E-state index in [9.17, 15) is 13.6 Å². The van der Waals surface area contributed by atoms with Crippen LogP contribution in [0.15, 0.2) is 97.2 Å². The molecule has 31 heavy (non-hydrogen) atoms. The van der Waals surface area contributed by atoms with Gasteiger partial charge in [-0.25, -0.2) is 13.8 Å². The summed E-state index contributed by atoms with van der Waals surface area (Å²) in [7, 11) is 0. The number of nitrogens with zero attached hydrogens (tertiary/aromatic N) is 1. The van der Waals surface area contributed by atoms with Gasteiger partial charge < -0.3 is 10.1 Å². The number of anilines is 1.